The van der Waals surface area contributed by atoms with Crippen molar-refractivity contribution in [2.75, 3.05) is 73.3 Å². The highest BCUT2D eigenvalue weighted by Crippen LogP contribution is 2.36. The van der Waals surface area contributed by atoms with E-state index in [0.29, 0.717) is 80.9 Å². The van der Waals surface area contributed by atoms with Gasteiger partial charge in [-0.25, -0.2) is 22.8 Å². The van der Waals surface area contributed by atoms with Crippen molar-refractivity contribution < 1.29 is 26.0 Å². The quantitative estimate of drug-likeness (QED) is 0.426. The van der Waals surface area contributed by atoms with Gasteiger partial charge in [-0.05, 0) is 42.8 Å². The summed E-state index contributed by atoms with van der Waals surface area (Å²) in [5.41, 5.74) is 0.959. The first-order valence-electron chi connectivity index (χ1n) is 12.8. The van der Waals surface area contributed by atoms with E-state index in [1.165, 1.54) is 28.9 Å². The molecule has 2 aliphatic rings. The molecule has 4 heterocycles. The molecule has 0 bridgehead atoms. The Morgan fingerprint density at radius 2 is 1.50 bits per heavy atom. The topological polar surface area (TPSA) is 85.8 Å². The van der Waals surface area contributed by atoms with Crippen molar-refractivity contribution in [2.45, 2.75) is 13.1 Å². The number of piperazine rings is 2. The third kappa shape index (κ3) is 5.97. The van der Waals surface area contributed by atoms with Gasteiger partial charge in [0.2, 0.25) is 16.0 Å². The van der Waals surface area contributed by atoms with Crippen molar-refractivity contribution in [2.24, 2.45) is 0 Å². The van der Waals surface area contributed by atoms with Crippen LogP contribution in [-0.2, 0) is 16.2 Å². The highest BCUT2D eigenvalue weighted by molar-refractivity contribution is 7.88. The number of sulfonamides is 1. The van der Waals surface area contributed by atoms with Gasteiger partial charge in [0.25, 0.3) is 0 Å². The summed E-state index contributed by atoms with van der Waals surface area (Å²) in [6.07, 6.45) is -1.98. The smallest absolute Gasteiger partial charge is 0.353 e. The number of rotatable bonds is 5. The zero-order valence-electron chi connectivity index (χ0n) is 22.1. The molecule has 9 nitrogen and oxygen atoms in total. The third-order valence-corrected chi connectivity index (χ3v) is 8.44. The molecule has 2 fully saturated rings. The number of hydrogen-bond acceptors (Lipinski definition) is 8. The Hall–Kier alpha value is -3.52. The predicted octanol–water partition coefficient (Wildman–Crippen LogP) is 3.41. The number of halogens is 4. The SMILES string of the molecule is Cc1cc(-c2cc(N3CCN(c4ncccc4C(F)(F)F)CC3)nc(N3CCN(S(C)(=O)=O)CC3)n2)ccc1F. The lowest BCUT2D eigenvalue weighted by Gasteiger charge is -2.38. The maximum Gasteiger partial charge on any atom is 0.419 e. The monoisotopic (exact) mass is 579 g/mol. The van der Waals surface area contributed by atoms with Crippen molar-refractivity contribution >= 4 is 27.6 Å². The minimum atomic E-state index is -4.51. The van der Waals surface area contributed by atoms with E-state index in [0.717, 1.165) is 6.07 Å². The van der Waals surface area contributed by atoms with E-state index in [-0.39, 0.29) is 11.6 Å². The van der Waals surface area contributed by atoms with Crippen LogP contribution in [0.5, 0.6) is 0 Å². The van der Waals surface area contributed by atoms with Crippen molar-refractivity contribution in [1.82, 2.24) is 19.3 Å². The summed E-state index contributed by atoms with van der Waals surface area (Å²) in [6, 6.07) is 8.81. The van der Waals surface area contributed by atoms with Gasteiger partial charge in [-0.3, -0.25) is 0 Å². The fourth-order valence-corrected chi connectivity index (χ4v) is 5.74. The van der Waals surface area contributed by atoms with Crippen LogP contribution >= 0.6 is 0 Å². The van der Waals surface area contributed by atoms with Gasteiger partial charge in [-0.2, -0.15) is 22.5 Å². The molecule has 0 N–H and O–H groups in total. The Bertz CT molecular complexity index is 1490. The molecule has 0 saturated carbocycles. The highest BCUT2D eigenvalue weighted by atomic mass is 32.2. The molecule has 2 saturated heterocycles. The van der Waals surface area contributed by atoms with Gasteiger partial charge in [-0.15, -0.1) is 0 Å². The van der Waals surface area contributed by atoms with Crippen LogP contribution in [0.4, 0.5) is 35.1 Å². The van der Waals surface area contributed by atoms with Crippen LogP contribution in [0.1, 0.15) is 11.1 Å². The van der Waals surface area contributed by atoms with E-state index in [4.69, 9.17) is 9.97 Å². The van der Waals surface area contributed by atoms with E-state index in [9.17, 15) is 26.0 Å². The molecule has 0 amide bonds. The Kier molecular flexibility index (Phi) is 7.57. The molecule has 2 aromatic heterocycles. The average Bonchev–Trinajstić information content (AvgIpc) is 2.93. The van der Waals surface area contributed by atoms with Crippen LogP contribution in [0, 0.1) is 12.7 Å². The minimum absolute atomic E-state index is 0.0933. The van der Waals surface area contributed by atoms with Gasteiger partial charge < -0.3 is 14.7 Å². The van der Waals surface area contributed by atoms with Crippen molar-refractivity contribution in [3.63, 3.8) is 0 Å². The fraction of sp³-hybridized carbons (Fsp3) is 0.423. The predicted molar refractivity (Wildman–Crippen MR) is 144 cm³/mol. The van der Waals surface area contributed by atoms with E-state index < -0.39 is 21.8 Å². The van der Waals surface area contributed by atoms with Crippen molar-refractivity contribution in [3.8, 4) is 11.3 Å². The van der Waals surface area contributed by atoms with E-state index in [1.54, 1.807) is 30.0 Å². The van der Waals surface area contributed by atoms with Gasteiger partial charge >= 0.3 is 6.18 Å². The summed E-state index contributed by atoms with van der Waals surface area (Å²) in [6.45, 7) is 4.44. The first-order chi connectivity index (χ1) is 18.9. The molecule has 0 spiro atoms. The van der Waals surface area contributed by atoms with Crippen LogP contribution in [-0.4, -0.2) is 86.3 Å². The summed E-state index contributed by atoms with van der Waals surface area (Å²) in [4.78, 5) is 19.0. The van der Waals surface area contributed by atoms with E-state index in [1.807, 2.05) is 9.80 Å². The lowest BCUT2D eigenvalue weighted by Crippen LogP contribution is -2.49. The minimum Gasteiger partial charge on any atom is -0.353 e. The number of aromatic nitrogens is 3. The number of aryl methyl sites for hydroxylation is 1. The Morgan fingerprint density at radius 1 is 0.850 bits per heavy atom. The molecular formula is C26H29F4N7O2S. The molecule has 214 valence electrons. The standard InChI is InChI=1S/C26H29F4N7O2S/c1-18-16-19(5-6-21(18)27)22-17-23(33-25(32-22)36-12-14-37(15-13-36)40(2,38)39)34-8-10-35(11-9-34)24-20(26(28,29)30)4-3-7-31-24/h3-7,16-17H,8-15H2,1-2H3. The summed E-state index contributed by atoms with van der Waals surface area (Å²) < 4.78 is 80.0. The van der Waals surface area contributed by atoms with Gasteiger partial charge in [0.05, 0.1) is 17.5 Å². The molecule has 40 heavy (non-hydrogen) atoms. The fourth-order valence-electron chi connectivity index (χ4n) is 4.91. The van der Waals surface area contributed by atoms with Crippen molar-refractivity contribution in [1.29, 1.82) is 0 Å². The second kappa shape index (κ2) is 10.8. The van der Waals surface area contributed by atoms with Crippen LogP contribution in [0.25, 0.3) is 11.3 Å². The molecule has 2 aliphatic heterocycles. The Balaban J connectivity index is 1.42. The van der Waals surface area contributed by atoms with Gasteiger partial charge in [0.1, 0.15) is 17.5 Å². The number of hydrogen-bond donors (Lipinski definition) is 0. The molecule has 1 aromatic carbocycles. The number of benzene rings is 1. The summed E-state index contributed by atoms with van der Waals surface area (Å²) >= 11 is 0. The maximum absolute atomic E-state index is 14.0. The molecule has 3 aromatic rings. The van der Waals surface area contributed by atoms with Crippen LogP contribution in [0.15, 0.2) is 42.6 Å². The molecule has 5 rings (SSSR count). The second-order valence-corrected chi connectivity index (χ2v) is 11.9. The Labute approximate surface area is 230 Å². The molecule has 0 atom stereocenters. The first kappa shape index (κ1) is 28.0. The van der Waals surface area contributed by atoms with Gasteiger partial charge in [0.15, 0.2) is 0 Å². The molecule has 0 aliphatic carbocycles. The zero-order valence-corrected chi connectivity index (χ0v) is 22.9. The average molecular weight is 580 g/mol. The second-order valence-electron chi connectivity index (χ2n) is 9.87. The van der Waals surface area contributed by atoms with Crippen LogP contribution in [0.3, 0.4) is 0 Å². The van der Waals surface area contributed by atoms with Gasteiger partial charge in [-0.1, -0.05) is 0 Å². The molecule has 14 heteroatoms. The number of nitrogens with zero attached hydrogens (tertiary/aromatic N) is 7. The van der Waals surface area contributed by atoms with E-state index in [2.05, 4.69) is 4.98 Å². The maximum atomic E-state index is 14.0. The first-order valence-corrected chi connectivity index (χ1v) is 14.6. The Morgan fingerprint density at radius 3 is 2.12 bits per heavy atom. The summed E-state index contributed by atoms with van der Waals surface area (Å²) in [5, 5.41) is 0. The summed E-state index contributed by atoms with van der Waals surface area (Å²) in [5.74, 6) is 0.571. The third-order valence-electron chi connectivity index (χ3n) is 7.14. The van der Waals surface area contributed by atoms with Crippen molar-refractivity contribution in [3.05, 3.63) is 59.5 Å². The largest absolute Gasteiger partial charge is 0.419 e. The molecular weight excluding hydrogens is 550 g/mol. The lowest BCUT2D eigenvalue weighted by molar-refractivity contribution is -0.137. The van der Waals surface area contributed by atoms with E-state index >= 15 is 0 Å². The number of alkyl halides is 3. The highest BCUT2D eigenvalue weighted by Gasteiger charge is 2.36. The van der Waals surface area contributed by atoms with Gasteiger partial charge in [0, 0.05) is 70.2 Å². The zero-order chi connectivity index (χ0) is 28.7. The summed E-state index contributed by atoms with van der Waals surface area (Å²) in [7, 11) is -3.32. The van der Waals surface area contributed by atoms with Crippen LogP contribution in [0.2, 0.25) is 0 Å². The molecule has 0 radical (unpaired) electrons. The lowest BCUT2D eigenvalue weighted by atomic mass is 10.1. The number of pyridine rings is 1. The normalized spacial score (nSPS) is 17.4. The number of anilines is 3. The molecule has 0 unspecified atom stereocenters. The van der Waals surface area contributed by atoms with Crippen LogP contribution < -0.4 is 14.7 Å².